The molecule has 0 amide bonds. The molecule has 0 saturated heterocycles. The molecule has 1 aliphatic heterocycles. The van der Waals surface area contributed by atoms with Gasteiger partial charge in [0, 0.05) is 5.69 Å². The molecule has 0 bridgehead atoms. The van der Waals surface area contributed by atoms with Crippen molar-refractivity contribution < 1.29 is 9.84 Å². The highest BCUT2D eigenvalue weighted by atomic mass is 32.1. The van der Waals surface area contributed by atoms with Gasteiger partial charge in [0.25, 0.3) is 0 Å². The number of benzene rings is 2. The van der Waals surface area contributed by atoms with Crippen molar-refractivity contribution >= 4 is 38.6 Å². The predicted octanol–water partition coefficient (Wildman–Crippen LogP) is 4.85. The van der Waals surface area contributed by atoms with Crippen LogP contribution in [-0.4, -0.2) is 29.1 Å². The van der Waals surface area contributed by atoms with Crippen LogP contribution in [0.5, 0.6) is 5.75 Å². The molecule has 4 rings (SSSR count). The molecule has 6 heteroatoms. The molecular weight excluding hydrogens is 346 g/mol. The molecule has 1 aromatic heterocycles. The van der Waals surface area contributed by atoms with Crippen LogP contribution in [0.15, 0.2) is 54.3 Å². The van der Waals surface area contributed by atoms with E-state index in [4.69, 9.17) is 10.1 Å². The number of aliphatic hydroxyl groups excluding tert-OH is 1. The Morgan fingerprint density at radius 3 is 2.69 bits per heavy atom. The quantitative estimate of drug-likeness (QED) is 0.678. The van der Waals surface area contributed by atoms with Crippen molar-refractivity contribution in [1.29, 1.82) is 5.41 Å². The number of nitrogens with zero attached hydrogens (tertiary/aromatic N) is 2. The third-order valence-corrected chi connectivity index (χ3v) is 5.29. The summed E-state index contributed by atoms with van der Waals surface area (Å²) in [7, 11) is 0. The molecule has 0 aliphatic carbocycles. The largest absolute Gasteiger partial charge is 0.510 e. The maximum absolute atomic E-state index is 10.5. The van der Waals surface area contributed by atoms with Gasteiger partial charge in [-0.2, -0.15) is 0 Å². The van der Waals surface area contributed by atoms with Gasteiger partial charge in [0.15, 0.2) is 0 Å². The van der Waals surface area contributed by atoms with Crippen molar-refractivity contribution in [1.82, 2.24) is 4.98 Å². The Bertz CT molecular complexity index is 959. The van der Waals surface area contributed by atoms with Gasteiger partial charge in [-0.05, 0) is 42.8 Å². The summed E-state index contributed by atoms with van der Waals surface area (Å²) in [6.45, 7) is 3.03. The van der Waals surface area contributed by atoms with Crippen LogP contribution >= 0.6 is 11.3 Å². The monoisotopic (exact) mass is 365 g/mol. The van der Waals surface area contributed by atoms with Crippen molar-refractivity contribution in [3.8, 4) is 5.75 Å². The van der Waals surface area contributed by atoms with Crippen LogP contribution in [-0.2, 0) is 0 Å². The van der Waals surface area contributed by atoms with Gasteiger partial charge < -0.3 is 14.7 Å². The Morgan fingerprint density at radius 2 is 1.96 bits per heavy atom. The molecule has 1 aliphatic rings. The normalized spacial score (nSPS) is 14.5. The Morgan fingerprint density at radius 1 is 1.19 bits per heavy atom. The van der Waals surface area contributed by atoms with Crippen LogP contribution in [0, 0.1) is 5.41 Å². The smallest absolute Gasteiger partial charge is 0.139 e. The molecule has 2 aromatic carbocycles. The number of hydrogen-bond donors (Lipinski definition) is 2. The number of rotatable bonds is 5. The zero-order chi connectivity index (χ0) is 18.1. The molecule has 132 valence electrons. The second kappa shape index (κ2) is 6.80. The standard InChI is InChI=1S/C20H19N3O2S/c1-2-11-25-14-9-7-13(8-10-14)23-12-16(24)18(19(23)21)20-22-15-5-3-4-6-17(15)26-20/h3-10,21,24H,2,11-12H2,1H3. The third kappa shape index (κ3) is 2.93. The van der Waals surface area contributed by atoms with Gasteiger partial charge in [0.1, 0.15) is 22.4 Å². The maximum Gasteiger partial charge on any atom is 0.139 e. The fourth-order valence-corrected chi connectivity index (χ4v) is 3.98. The van der Waals surface area contributed by atoms with Gasteiger partial charge in [-0.15, -0.1) is 11.3 Å². The second-order valence-electron chi connectivity index (χ2n) is 6.09. The molecule has 0 atom stereocenters. The highest BCUT2D eigenvalue weighted by Gasteiger charge is 2.31. The Balaban J connectivity index is 1.59. The first kappa shape index (κ1) is 16.6. The first-order valence-electron chi connectivity index (χ1n) is 8.54. The van der Waals surface area contributed by atoms with Crippen molar-refractivity contribution in [3.63, 3.8) is 0 Å². The minimum Gasteiger partial charge on any atom is -0.510 e. The SMILES string of the molecule is CCCOc1ccc(N2CC(O)=C(c3nc4ccccc4s3)C2=N)cc1. The number of amidine groups is 1. The van der Waals surface area contributed by atoms with Crippen molar-refractivity contribution in [3.05, 3.63) is 59.3 Å². The Kier molecular flexibility index (Phi) is 4.34. The van der Waals surface area contributed by atoms with E-state index in [1.165, 1.54) is 11.3 Å². The van der Waals surface area contributed by atoms with E-state index in [0.29, 0.717) is 17.2 Å². The van der Waals surface area contributed by atoms with Gasteiger partial charge in [0.05, 0.1) is 28.9 Å². The molecule has 0 radical (unpaired) electrons. The molecule has 0 unspecified atom stereocenters. The van der Waals surface area contributed by atoms with Crippen LogP contribution < -0.4 is 9.64 Å². The molecule has 2 N–H and O–H groups in total. The topological polar surface area (TPSA) is 69.4 Å². The third-order valence-electron chi connectivity index (χ3n) is 4.23. The molecule has 5 nitrogen and oxygen atoms in total. The number of anilines is 1. The summed E-state index contributed by atoms with van der Waals surface area (Å²) in [5.41, 5.74) is 2.25. The van der Waals surface area contributed by atoms with Crippen LogP contribution in [0.4, 0.5) is 5.69 Å². The predicted molar refractivity (Wildman–Crippen MR) is 106 cm³/mol. The molecule has 0 fully saturated rings. The lowest BCUT2D eigenvalue weighted by Crippen LogP contribution is -2.25. The average Bonchev–Trinajstić information content (AvgIpc) is 3.20. The van der Waals surface area contributed by atoms with Crippen LogP contribution in [0.25, 0.3) is 15.8 Å². The molecule has 0 spiro atoms. The minimum atomic E-state index is 0.181. The summed E-state index contributed by atoms with van der Waals surface area (Å²) in [6.07, 6.45) is 0.960. The lowest BCUT2D eigenvalue weighted by atomic mass is 10.2. The molecule has 26 heavy (non-hydrogen) atoms. The van der Waals surface area contributed by atoms with Crippen molar-refractivity contribution in [2.75, 3.05) is 18.1 Å². The summed E-state index contributed by atoms with van der Waals surface area (Å²) >= 11 is 1.49. The minimum absolute atomic E-state index is 0.181. The molecule has 2 heterocycles. The molecular formula is C20H19N3O2S. The van der Waals surface area contributed by atoms with E-state index in [1.807, 2.05) is 48.5 Å². The van der Waals surface area contributed by atoms with E-state index < -0.39 is 0 Å². The summed E-state index contributed by atoms with van der Waals surface area (Å²) in [4.78, 5) is 6.36. The zero-order valence-corrected chi connectivity index (χ0v) is 15.2. The summed E-state index contributed by atoms with van der Waals surface area (Å²) < 4.78 is 6.65. The van der Waals surface area contributed by atoms with Crippen LogP contribution in [0.3, 0.4) is 0 Å². The fourth-order valence-electron chi connectivity index (χ4n) is 2.95. The lowest BCUT2D eigenvalue weighted by molar-refractivity contribution is 0.317. The van der Waals surface area contributed by atoms with Gasteiger partial charge in [-0.1, -0.05) is 19.1 Å². The van der Waals surface area contributed by atoms with E-state index in [0.717, 1.165) is 28.1 Å². The van der Waals surface area contributed by atoms with Gasteiger partial charge in [-0.3, -0.25) is 5.41 Å². The van der Waals surface area contributed by atoms with Crippen LogP contribution in [0.1, 0.15) is 18.4 Å². The second-order valence-corrected chi connectivity index (χ2v) is 7.12. The molecule has 0 saturated carbocycles. The van der Waals surface area contributed by atoms with Crippen molar-refractivity contribution in [2.24, 2.45) is 0 Å². The number of nitrogens with one attached hydrogen (secondary N) is 1. The Labute approximate surface area is 155 Å². The number of para-hydroxylation sites is 1. The van der Waals surface area contributed by atoms with E-state index in [1.54, 1.807) is 4.90 Å². The van der Waals surface area contributed by atoms with Crippen molar-refractivity contribution in [2.45, 2.75) is 13.3 Å². The first-order valence-corrected chi connectivity index (χ1v) is 9.36. The lowest BCUT2D eigenvalue weighted by Gasteiger charge is -2.19. The number of fused-ring (bicyclic) bond motifs is 1. The van der Waals surface area contributed by atoms with Gasteiger partial charge >= 0.3 is 0 Å². The number of aliphatic hydroxyl groups is 1. The Hall–Kier alpha value is -2.86. The van der Waals surface area contributed by atoms with E-state index >= 15 is 0 Å². The van der Waals surface area contributed by atoms with E-state index in [9.17, 15) is 5.11 Å². The van der Waals surface area contributed by atoms with Crippen LogP contribution in [0.2, 0.25) is 0 Å². The maximum atomic E-state index is 10.5. The number of thiazole rings is 1. The first-order chi connectivity index (χ1) is 12.7. The number of ether oxygens (including phenoxy) is 1. The highest BCUT2D eigenvalue weighted by molar-refractivity contribution is 7.19. The fraction of sp³-hybridized carbons (Fsp3) is 0.200. The summed E-state index contributed by atoms with van der Waals surface area (Å²) in [5, 5.41) is 19.7. The molecule has 3 aromatic rings. The number of hydrogen-bond acceptors (Lipinski definition) is 5. The van der Waals surface area contributed by atoms with E-state index in [-0.39, 0.29) is 18.1 Å². The van der Waals surface area contributed by atoms with Gasteiger partial charge in [0.2, 0.25) is 0 Å². The highest BCUT2D eigenvalue weighted by Crippen LogP contribution is 2.35. The van der Waals surface area contributed by atoms with E-state index in [2.05, 4.69) is 11.9 Å². The summed E-state index contributed by atoms with van der Waals surface area (Å²) in [6, 6.07) is 15.5. The van der Waals surface area contributed by atoms with Gasteiger partial charge in [-0.25, -0.2) is 4.98 Å². The number of aromatic nitrogens is 1. The zero-order valence-electron chi connectivity index (χ0n) is 14.4. The summed E-state index contributed by atoms with van der Waals surface area (Å²) in [5.74, 6) is 1.26. The average molecular weight is 365 g/mol.